The van der Waals surface area contributed by atoms with Crippen molar-refractivity contribution in [3.63, 3.8) is 0 Å². The van der Waals surface area contributed by atoms with Crippen molar-refractivity contribution in [2.75, 3.05) is 18.0 Å². The van der Waals surface area contributed by atoms with Gasteiger partial charge in [0.05, 0.1) is 0 Å². The maximum absolute atomic E-state index is 5.15. The topological polar surface area (TPSA) is 41.3 Å². The molecule has 1 rings (SSSR count). The first kappa shape index (κ1) is 11.6. The van der Waals surface area contributed by atoms with Crippen molar-refractivity contribution in [1.82, 2.24) is 5.43 Å². The average Bonchev–Trinajstić information content (AvgIpc) is 2.29. The summed E-state index contributed by atoms with van der Waals surface area (Å²) in [6.07, 6.45) is 3.65. The first-order chi connectivity index (χ1) is 7.31. The molecular weight excluding hydrogens is 186 g/mol. The number of hydrogen-bond donors (Lipinski definition) is 2. The fraction of sp³-hybridized carbons (Fsp3) is 0.333. The van der Waals surface area contributed by atoms with Crippen LogP contribution >= 0.6 is 0 Å². The fourth-order valence-corrected chi connectivity index (χ4v) is 1.53. The van der Waals surface area contributed by atoms with E-state index in [0.29, 0.717) is 0 Å². The average molecular weight is 205 g/mol. The molecular formula is C12H19N3. The Morgan fingerprint density at radius 1 is 1.20 bits per heavy atom. The van der Waals surface area contributed by atoms with E-state index in [0.717, 1.165) is 18.7 Å². The van der Waals surface area contributed by atoms with E-state index in [4.69, 9.17) is 5.84 Å². The summed E-state index contributed by atoms with van der Waals surface area (Å²) in [7, 11) is 0. The van der Waals surface area contributed by atoms with Crippen LogP contribution in [0.15, 0.2) is 30.5 Å². The van der Waals surface area contributed by atoms with E-state index in [1.807, 2.05) is 6.08 Å². The van der Waals surface area contributed by atoms with Gasteiger partial charge in [0.25, 0.3) is 0 Å². The quantitative estimate of drug-likeness (QED) is 0.570. The van der Waals surface area contributed by atoms with Crippen LogP contribution in [-0.4, -0.2) is 13.1 Å². The summed E-state index contributed by atoms with van der Waals surface area (Å²) in [5, 5.41) is 0. The van der Waals surface area contributed by atoms with Crippen LogP contribution in [0, 0.1) is 0 Å². The van der Waals surface area contributed by atoms with Crippen molar-refractivity contribution >= 4 is 11.8 Å². The molecule has 0 saturated carbocycles. The van der Waals surface area contributed by atoms with Gasteiger partial charge in [-0.25, -0.2) is 0 Å². The van der Waals surface area contributed by atoms with Crippen LogP contribution < -0.4 is 16.2 Å². The summed E-state index contributed by atoms with van der Waals surface area (Å²) >= 11 is 0. The molecule has 0 heterocycles. The van der Waals surface area contributed by atoms with Crippen LogP contribution in [0.2, 0.25) is 0 Å². The Morgan fingerprint density at radius 3 is 2.27 bits per heavy atom. The largest absolute Gasteiger partial charge is 0.372 e. The Kier molecular flexibility index (Phi) is 4.71. The molecule has 0 bridgehead atoms. The lowest BCUT2D eigenvalue weighted by atomic mass is 10.2. The lowest BCUT2D eigenvalue weighted by Crippen LogP contribution is -2.21. The molecule has 3 nitrogen and oxygen atoms in total. The number of rotatable bonds is 5. The number of nitrogens with one attached hydrogen (secondary N) is 1. The van der Waals surface area contributed by atoms with Gasteiger partial charge in [-0.05, 0) is 37.6 Å². The van der Waals surface area contributed by atoms with Crippen molar-refractivity contribution < 1.29 is 0 Å². The van der Waals surface area contributed by atoms with E-state index < -0.39 is 0 Å². The summed E-state index contributed by atoms with van der Waals surface area (Å²) in [6.45, 7) is 6.40. The van der Waals surface area contributed by atoms with E-state index in [1.54, 1.807) is 6.20 Å². The molecule has 0 saturated heterocycles. The molecule has 0 spiro atoms. The zero-order chi connectivity index (χ0) is 11.1. The number of hydrazine groups is 1. The van der Waals surface area contributed by atoms with Crippen LogP contribution in [0.1, 0.15) is 19.4 Å². The number of hydrogen-bond acceptors (Lipinski definition) is 3. The minimum Gasteiger partial charge on any atom is -0.372 e. The lowest BCUT2D eigenvalue weighted by Gasteiger charge is -2.20. The first-order valence-corrected chi connectivity index (χ1v) is 5.29. The van der Waals surface area contributed by atoms with Crippen LogP contribution in [0.5, 0.6) is 0 Å². The third-order valence-corrected chi connectivity index (χ3v) is 2.39. The highest BCUT2D eigenvalue weighted by molar-refractivity contribution is 5.55. The van der Waals surface area contributed by atoms with Crippen LogP contribution in [0.25, 0.3) is 6.08 Å². The van der Waals surface area contributed by atoms with Gasteiger partial charge in [0, 0.05) is 25.0 Å². The van der Waals surface area contributed by atoms with Gasteiger partial charge in [-0.2, -0.15) is 0 Å². The third kappa shape index (κ3) is 3.29. The number of nitrogens with two attached hydrogens (primary N) is 1. The summed E-state index contributed by atoms with van der Waals surface area (Å²) in [5.41, 5.74) is 4.89. The van der Waals surface area contributed by atoms with Crippen molar-refractivity contribution in [2.45, 2.75) is 13.8 Å². The van der Waals surface area contributed by atoms with Gasteiger partial charge in [0.1, 0.15) is 0 Å². The summed E-state index contributed by atoms with van der Waals surface area (Å²) in [6, 6.07) is 8.43. The molecule has 0 atom stereocenters. The zero-order valence-electron chi connectivity index (χ0n) is 9.40. The number of anilines is 1. The summed E-state index contributed by atoms with van der Waals surface area (Å²) < 4.78 is 0. The molecule has 0 amide bonds. The molecule has 0 aromatic heterocycles. The van der Waals surface area contributed by atoms with E-state index in [1.165, 1.54) is 5.69 Å². The van der Waals surface area contributed by atoms with Crippen molar-refractivity contribution in [2.24, 2.45) is 5.84 Å². The minimum atomic E-state index is 1.04. The standard InChI is InChI=1S/C12H19N3/c1-3-15(4-2)12-7-5-11(6-8-12)9-10-14-13/h5-10,14H,3-4,13H2,1-2H3/b10-9+. The van der Waals surface area contributed by atoms with Crippen molar-refractivity contribution in [1.29, 1.82) is 0 Å². The molecule has 0 aliphatic carbocycles. The second-order valence-electron chi connectivity index (χ2n) is 3.26. The number of benzene rings is 1. The van der Waals surface area contributed by atoms with Crippen LogP contribution in [0.4, 0.5) is 5.69 Å². The second-order valence-corrected chi connectivity index (χ2v) is 3.26. The molecule has 0 aliphatic heterocycles. The van der Waals surface area contributed by atoms with E-state index >= 15 is 0 Å². The zero-order valence-corrected chi connectivity index (χ0v) is 9.40. The molecule has 15 heavy (non-hydrogen) atoms. The third-order valence-electron chi connectivity index (χ3n) is 2.39. The van der Waals surface area contributed by atoms with Gasteiger partial charge in [-0.3, -0.25) is 5.84 Å². The van der Waals surface area contributed by atoms with Gasteiger partial charge >= 0.3 is 0 Å². The van der Waals surface area contributed by atoms with Gasteiger partial charge in [-0.1, -0.05) is 12.1 Å². The Hall–Kier alpha value is -1.48. The van der Waals surface area contributed by atoms with Gasteiger partial charge in [-0.15, -0.1) is 0 Å². The van der Waals surface area contributed by atoms with E-state index in [-0.39, 0.29) is 0 Å². The lowest BCUT2D eigenvalue weighted by molar-refractivity contribution is 0.866. The summed E-state index contributed by atoms with van der Waals surface area (Å²) in [5.74, 6) is 5.15. The molecule has 82 valence electrons. The SMILES string of the molecule is CCN(CC)c1ccc(/C=C/NN)cc1. The minimum absolute atomic E-state index is 1.04. The van der Waals surface area contributed by atoms with E-state index in [9.17, 15) is 0 Å². The molecule has 0 radical (unpaired) electrons. The normalized spacial score (nSPS) is 10.6. The maximum Gasteiger partial charge on any atom is 0.0366 e. The van der Waals surface area contributed by atoms with Gasteiger partial charge < -0.3 is 10.3 Å². The molecule has 0 fully saturated rings. The number of nitrogens with zero attached hydrogens (tertiary/aromatic N) is 1. The first-order valence-electron chi connectivity index (χ1n) is 5.29. The monoisotopic (exact) mass is 205 g/mol. The second kappa shape index (κ2) is 6.09. The molecule has 1 aromatic rings. The van der Waals surface area contributed by atoms with Gasteiger partial charge in [0.15, 0.2) is 0 Å². The fourth-order valence-electron chi connectivity index (χ4n) is 1.53. The predicted octanol–water partition coefficient (Wildman–Crippen LogP) is 1.97. The molecule has 0 unspecified atom stereocenters. The highest BCUT2D eigenvalue weighted by Crippen LogP contribution is 2.15. The molecule has 3 N–H and O–H groups in total. The highest BCUT2D eigenvalue weighted by atomic mass is 15.2. The molecule has 1 aromatic carbocycles. The van der Waals surface area contributed by atoms with Crippen molar-refractivity contribution in [3.05, 3.63) is 36.0 Å². The highest BCUT2D eigenvalue weighted by Gasteiger charge is 1.99. The molecule has 0 aliphatic rings. The van der Waals surface area contributed by atoms with Crippen LogP contribution in [-0.2, 0) is 0 Å². The van der Waals surface area contributed by atoms with Crippen LogP contribution in [0.3, 0.4) is 0 Å². The smallest absolute Gasteiger partial charge is 0.0366 e. The Morgan fingerprint density at radius 2 is 1.80 bits per heavy atom. The van der Waals surface area contributed by atoms with Crippen molar-refractivity contribution in [3.8, 4) is 0 Å². The Balaban J connectivity index is 2.75. The summed E-state index contributed by atoms with van der Waals surface area (Å²) in [4.78, 5) is 2.31. The van der Waals surface area contributed by atoms with E-state index in [2.05, 4.69) is 48.4 Å². The Bertz CT molecular complexity index is 299. The Labute approximate surface area is 91.6 Å². The van der Waals surface area contributed by atoms with Gasteiger partial charge in [0.2, 0.25) is 0 Å². The molecule has 3 heteroatoms. The maximum atomic E-state index is 5.15. The predicted molar refractivity (Wildman–Crippen MR) is 66.4 cm³/mol.